The van der Waals surface area contributed by atoms with Crippen LogP contribution in [0, 0.1) is 0 Å². The van der Waals surface area contributed by atoms with Crippen molar-refractivity contribution in [2.75, 3.05) is 13.1 Å². The number of carbonyl (C=O) groups excluding carboxylic acids is 1. The predicted octanol–water partition coefficient (Wildman–Crippen LogP) is 3.92. The molecule has 0 bridgehead atoms. The van der Waals surface area contributed by atoms with E-state index in [1.807, 2.05) is 0 Å². The molecule has 0 atom stereocenters. The number of allylic oxidation sites excluding steroid dienone is 4. The lowest BCUT2D eigenvalue weighted by Gasteiger charge is -2.27. The number of aromatic nitrogens is 3. The molecular formula is C21H22ClFN4O3S. The molecule has 2 aliphatic rings. The Kier molecular flexibility index (Phi) is 6.24. The second kappa shape index (κ2) is 8.92. The van der Waals surface area contributed by atoms with Crippen LogP contribution in [0.4, 0.5) is 4.39 Å². The van der Waals surface area contributed by atoms with Crippen molar-refractivity contribution in [3.63, 3.8) is 0 Å². The molecule has 7 nitrogen and oxygen atoms in total. The summed E-state index contributed by atoms with van der Waals surface area (Å²) in [6, 6.07) is 0. The monoisotopic (exact) mass is 464 g/mol. The number of piperidine rings is 1. The van der Waals surface area contributed by atoms with Crippen molar-refractivity contribution < 1.29 is 14.3 Å². The van der Waals surface area contributed by atoms with Gasteiger partial charge in [-0.05, 0) is 37.7 Å². The summed E-state index contributed by atoms with van der Waals surface area (Å²) in [4.78, 5) is 27.3. The number of likely N-dealkylation sites (tertiary alicyclic amines) is 1. The third-order valence-electron chi connectivity index (χ3n) is 5.56. The molecule has 0 aromatic carbocycles. The second-order valence-corrected chi connectivity index (χ2v) is 9.19. The molecule has 1 aliphatic carbocycles. The Morgan fingerprint density at radius 3 is 2.77 bits per heavy atom. The zero-order chi connectivity index (χ0) is 22.1. The van der Waals surface area contributed by atoms with Gasteiger partial charge in [-0.25, -0.2) is 4.39 Å². The molecule has 1 N–H and O–H groups in total. The van der Waals surface area contributed by atoms with Crippen molar-refractivity contribution in [1.29, 1.82) is 0 Å². The smallest absolute Gasteiger partial charge is 0.274 e. The van der Waals surface area contributed by atoms with Crippen molar-refractivity contribution in [3.05, 3.63) is 49.6 Å². The van der Waals surface area contributed by atoms with Crippen molar-refractivity contribution in [1.82, 2.24) is 19.7 Å². The molecule has 31 heavy (non-hydrogen) atoms. The van der Waals surface area contributed by atoms with Crippen molar-refractivity contribution in [2.24, 2.45) is 7.05 Å². The average Bonchev–Trinajstić information content (AvgIpc) is 3.23. The normalized spacial score (nSPS) is 17.1. The van der Waals surface area contributed by atoms with Gasteiger partial charge < -0.3 is 14.6 Å². The highest BCUT2D eigenvalue weighted by atomic mass is 35.5. The molecule has 1 amide bonds. The molecule has 1 saturated heterocycles. The Morgan fingerprint density at radius 1 is 1.29 bits per heavy atom. The van der Waals surface area contributed by atoms with Crippen LogP contribution in [0.2, 0.25) is 0 Å². The third kappa shape index (κ3) is 4.29. The number of rotatable bonds is 4. The van der Waals surface area contributed by atoms with Crippen LogP contribution in [0.15, 0.2) is 33.5 Å². The molecule has 2 aromatic heterocycles. The zero-order valence-electron chi connectivity index (χ0n) is 17.0. The van der Waals surface area contributed by atoms with Gasteiger partial charge in [0.25, 0.3) is 5.91 Å². The molecule has 4 rings (SSSR count). The standard InChI is InChI=1S/C21H22ClFN4O3S/c1-26-11-13(18(28)19(29)17(26)21(30)27-8-3-2-4-9-27)20-25-24-15(31-20)10-12-6-5-7-14(22)16(12)23/h7,11,29H,2-6,8-10H2,1H3. The van der Waals surface area contributed by atoms with Gasteiger partial charge in [-0.3, -0.25) is 9.59 Å². The predicted molar refractivity (Wildman–Crippen MR) is 117 cm³/mol. The molecule has 10 heteroatoms. The van der Waals surface area contributed by atoms with Gasteiger partial charge in [0.2, 0.25) is 5.43 Å². The summed E-state index contributed by atoms with van der Waals surface area (Å²) in [7, 11) is 1.61. The van der Waals surface area contributed by atoms with Crippen LogP contribution >= 0.6 is 22.9 Å². The van der Waals surface area contributed by atoms with Crippen LogP contribution in [-0.4, -0.2) is 43.8 Å². The van der Waals surface area contributed by atoms with Crippen molar-refractivity contribution in [2.45, 2.75) is 38.5 Å². The fourth-order valence-electron chi connectivity index (χ4n) is 3.89. The Morgan fingerprint density at radius 2 is 2.03 bits per heavy atom. The van der Waals surface area contributed by atoms with E-state index < -0.39 is 17.0 Å². The number of nitrogens with zero attached hydrogens (tertiary/aromatic N) is 4. The number of halogens is 2. The van der Waals surface area contributed by atoms with Gasteiger partial charge >= 0.3 is 0 Å². The first-order valence-corrected chi connectivity index (χ1v) is 11.3. The molecular weight excluding hydrogens is 443 g/mol. The maximum Gasteiger partial charge on any atom is 0.274 e. The summed E-state index contributed by atoms with van der Waals surface area (Å²) < 4.78 is 15.7. The third-order valence-corrected chi connectivity index (χ3v) is 6.83. The van der Waals surface area contributed by atoms with Gasteiger partial charge in [-0.15, -0.1) is 10.2 Å². The summed E-state index contributed by atoms with van der Waals surface area (Å²) >= 11 is 7.03. The summed E-state index contributed by atoms with van der Waals surface area (Å²) in [6.45, 7) is 1.22. The number of aromatic hydroxyl groups is 1. The largest absolute Gasteiger partial charge is 0.503 e. The van der Waals surface area contributed by atoms with Crippen LogP contribution in [0.25, 0.3) is 10.6 Å². The Balaban J connectivity index is 1.63. The Labute approximate surface area is 187 Å². The maximum atomic E-state index is 14.2. The van der Waals surface area contributed by atoms with E-state index in [2.05, 4.69) is 10.2 Å². The Bertz CT molecular complexity index is 1150. The molecule has 0 saturated carbocycles. The molecule has 0 unspecified atom stereocenters. The van der Waals surface area contributed by atoms with E-state index in [-0.39, 0.29) is 28.6 Å². The number of pyridine rings is 1. The lowest BCUT2D eigenvalue weighted by molar-refractivity contribution is 0.0710. The van der Waals surface area contributed by atoms with E-state index in [1.165, 1.54) is 10.8 Å². The molecule has 0 radical (unpaired) electrons. The van der Waals surface area contributed by atoms with Gasteiger partial charge in [0.15, 0.2) is 16.5 Å². The van der Waals surface area contributed by atoms with Crippen LogP contribution < -0.4 is 5.43 Å². The highest BCUT2D eigenvalue weighted by Crippen LogP contribution is 2.32. The van der Waals surface area contributed by atoms with E-state index in [0.717, 1.165) is 30.6 Å². The first kappa shape index (κ1) is 21.7. The molecule has 1 fully saturated rings. The van der Waals surface area contributed by atoms with Crippen molar-refractivity contribution >= 4 is 28.8 Å². The van der Waals surface area contributed by atoms with Gasteiger partial charge in [-0.2, -0.15) is 0 Å². The van der Waals surface area contributed by atoms with Crippen LogP contribution in [-0.2, 0) is 13.5 Å². The van der Waals surface area contributed by atoms with E-state index in [1.54, 1.807) is 18.0 Å². The summed E-state index contributed by atoms with van der Waals surface area (Å²) in [5, 5.41) is 19.6. The summed E-state index contributed by atoms with van der Waals surface area (Å²) in [5.74, 6) is -1.38. The summed E-state index contributed by atoms with van der Waals surface area (Å²) in [5.41, 5.74) is -0.00477. The fraction of sp³-hybridized carbons (Fsp3) is 0.429. The number of amides is 1. The van der Waals surface area contributed by atoms with Gasteiger partial charge in [0.05, 0.1) is 10.6 Å². The SMILES string of the molecule is Cn1cc(-c2nnc(CC3=C(F)C(Cl)=CCC3)s2)c(=O)c(O)c1C(=O)N1CCCCC1. The second-order valence-electron chi connectivity index (χ2n) is 7.72. The maximum absolute atomic E-state index is 14.2. The van der Waals surface area contributed by atoms with Crippen LogP contribution in [0.3, 0.4) is 0 Å². The van der Waals surface area contributed by atoms with Gasteiger partial charge in [0.1, 0.15) is 10.8 Å². The molecule has 1 aliphatic heterocycles. The quantitative estimate of drug-likeness (QED) is 0.740. The number of hydrogen-bond donors (Lipinski definition) is 1. The zero-order valence-corrected chi connectivity index (χ0v) is 18.6. The topological polar surface area (TPSA) is 88.3 Å². The highest BCUT2D eigenvalue weighted by molar-refractivity contribution is 7.14. The highest BCUT2D eigenvalue weighted by Gasteiger charge is 2.27. The van der Waals surface area contributed by atoms with Crippen LogP contribution in [0.5, 0.6) is 5.75 Å². The minimum Gasteiger partial charge on any atom is -0.503 e. The number of aryl methyl sites for hydroxylation is 1. The lowest BCUT2D eigenvalue weighted by atomic mass is 10.0. The minimum absolute atomic E-state index is 0.0312. The van der Waals surface area contributed by atoms with E-state index in [0.29, 0.717) is 41.5 Å². The number of hydrogen-bond acceptors (Lipinski definition) is 6. The van der Waals surface area contributed by atoms with Crippen LogP contribution in [0.1, 0.15) is 47.6 Å². The summed E-state index contributed by atoms with van der Waals surface area (Å²) in [6.07, 6.45) is 7.48. The number of carbonyl (C=O) groups is 1. The van der Waals surface area contributed by atoms with Gasteiger partial charge in [-0.1, -0.05) is 29.0 Å². The van der Waals surface area contributed by atoms with Crippen molar-refractivity contribution in [3.8, 4) is 16.3 Å². The van der Waals surface area contributed by atoms with E-state index >= 15 is 0 Å². The molecule has 0 spiro atoms. The lowest BCUT2D eigenvalue weighted by Crippen LogP contribution is -2.37. The average molecular weight is 465 g/mol. The van der Waals surface area contributed by atoms with E-state index in [4.69, 9.17) is 11.6 Å². The minimum atomic E-state index is -0.671. The van der Waals surface area contributed by atoms with E-state index in [9.17, 15) is 19.1 Å². The fourth-order valence-corrected chi connectivity index (χ4v) is 5.02. The molecule has 164 valence electrons. The first-order chi connectivity index (χ1) is 14.9. The van der Waals surface area contributed by atoms with Gasteiger partial charge in [0, 0.05) is 32.8 Å². The molecule has 2 aromatic rings. The molecule has 3 heterocycles. The Hall–Kier alpha value is -2.52. The first-order valence-electron chi connectivity index (χ1n) is 10.1.